The average Bonchev–Trinajstić information content (AvgIpc) is 2.26. The number of hydrogen-bond donors (Lipinski definition) is 3. The van der Waals surface area contributed by atoms with E-state index < -0.39 is 5.91 Å². The zero-order valence-corrected chi connectivity index (χ0v) is 8.06. The first kappa shape index (κ1) is 11.1. The summed E-state index contributed by atoms with van der Waals surface area (Å²) in [6.07, 6.45) is 0. The number of carbonyl (C=O) groups is 2. The van der Waals surface area contributed by atoms with Crippen molar-refractivity contribution in [3.8, 4) is 0 Å². The Balaban J connectivity index is 2.81. The van der Waals surface area contributed by atoms with Crippen molar-refractivity contribution in [1.82, 2.24) is 10.3 Å². The summed E-state index contributed by atoms with van der Waals surface area (Å²) in [4.78, 5) is 26.0. The van der Waals surface area contributed by atoms with Crippen molar-refractivity contribution in [2.24, 2.45) is 11.5 Å². The van der Waals surface area contributed by atoms with Gasteiger partial charge in [0.25, 0.3) is 11.8 Å². The fourth-order valence-corrected chi connectivity index (χ4v) is 0.975. The predicted octanol–water partition coefficient (Wildman–Crippen LogP) is -1.13. The molecule has 0 aliphatic rings. The van der Waals surface area contributed by atoms with E-state index in [1.165, 1.54) is 12.1 Å². The van der Waals surface area contributed by atoms with Gasteiger partial charge in [0, 0.05) is 13.1 Å². The van der Waals surface area contributed by atoms with Gasteiger partial charge in [0.1, 0.15) is 11.4 Å². The van der Waals surface area contributed by atoms with E-state index in [9.17, 15) is 9.59 Å². The summed E-state index contributed by atoms with van der Waals surface area (Å²) in [6, 6.07) is 4.49. The molecule has 2 amide bonds. The molecule has 0 aliphatic heterocycles. The molecule has 0 fully saturated rings. The number of nitrogens with one attached hydrogen (secondary N) is 1. The van der Waals surface area contributed by atoms with Crippen LogP contribution in [0.5, 0.6) is 0 Å². The molecule has 0 unspecified atom stereocenters. The normalized spacial score (nSPS) is 9.67. The second-order valence-electron chi connectivity index (χ2n) is 2.82. The van der Waals surface area contributed by atoms with Gasteiger partial charge in [-0.1, -0.05) is 6.07 Å². The number of primary amides is 1. The molecule has 1 aromatic heterocycles. The zero-order chi connectivity index (χ0) is 11.3. The number of pyridine rings is 1. The number of amides is 2. The van der Waals surface area contributed by atoms with Crippen molar-refractivity contribution in [1.29, 1.82) is 0 Å². The van der Waals surface area contributed by atoms with E-state index in [0.717, 1.165) is 0 Å². The highest BCUT2D eigenvalue weighted by Gasteiger charge is 2.08. The summed E-state index contributed by atoms with van der Waals surface area (Å²) in [5, 5.41) is 2.54. The van der Waals surface area contributed by atoms with Crippen LogP contribution in [0.15, 0.2) is 18.2 Å². The maximum absolute atomic E-state index is 11.4. The van der Waals surface area contributed by atoms with Crippen LogP contribution in [-0.2, 0) is 0 Å². The van der Waals surface area contributed by atoms with E-state index >= 15 is 0 Å². The second-order valence-corrected chi connectivity index (χ2v) is 2.82. The molecule has 1 heterocycles. The van der Waals surface area contributed by atoms with Crippen LogP contribution in [0.2, 0.25) is 0 Å². The van der Waals surface area contributed by atoms with E-state index in [0.29, 0.717) is 13.1 Å². The fourth-order valence-electron chi connectivity index (χ4n) is 0.975. The van der Waals surface area contributed by atoms with Crippen LogP contribution in [0.25, 0.3) is 0 Å². The predicted molar refractivity (Wildman–Crippen MR) is 54.1 cm³/mol. The monoisotopic (exact) mass is 208 g/mol. The highest BCUT2D eigenvalue weighted by molar-refractivity contribution is 5.95. The van der Waals surface area contributed by atoms with Gasteiger partial charge in [-0.25, -0.2) is 4.98 Å². The Morgan fingerprint density at radius 1 is 1.33 bits per heavy atom. The SMILES string of the molecule is NCCNC(=O)c1cccc(C(N)=O)n1. The lowest BCUT2D eigenvalue weighted by atomic mass is 10.3. The van der Waals surface area contributed by atoms with E-state index in [1.54, 1.807) is 6.07 Å². The number of rotatable bonds is 4. The molecule has 15 heavy (non-hydrogen) atoms. The summed E-state index contributed by atoms with van der Waals surface area (Å²) in [5.41, 5.74) is 10.5. The molecule has 0 atom stereocenters. The van der Waals surface area contributed by atoms with Crippen LogP contribution in [0.1, 0.15) is 21.0 Å². The maximum Gasteiger partial charge on any atom is 0.269 e. The van der Waals surface area contributed by atoms with Gasteiger partial charge in [-0.2, -0.15) is 0 Å². The van der Waals surface area contributed by atoms with Gasteiger partial charge in [0.2, 0.25) is 0 Å². The van der Waals surface area contributed by atoms with Crippen molar-refractivity contribution >= 4 is 11.8 Å². The second kappa shape index (κ2) is 5.06. The maximum atomic E-state index is 11.4. The number of aromatic nitrogens is 1. The Morgan fingerprint density at radius 2 is 2.00 bits per heavy atom. The lowest BCUT2D eigenvalue weighted by molar-refractivity contribution is 0.0949. The first-order valence-electron chi connectivity index (χ1n) is 4.40. The van der Waals surface area contributed by atoms with E-state index in [2.05, 4.69) is 10.3 Å². The molecule has 80 valence electrons. The van der Waals surface area contributed by atoms with Crippen LogP contribution >= 0.6 is 0 Å². The molecular weight excluding hydrogens is 196 g/mol. The first-order chi connectivity index (χ1) is 7.15. The lowest BCUT2D eigenvalue weighted by Gasteiger charge is -2.03. The van der Waals surface area contributed by atoms with E-state index in [4.69, 9.17) is 11.5 Å². The van der Waals surface area contributed by atoms with Crippen molar-refractivity contribution in [2.45, 2.75) is 0 Å². The molecule has 1 aromatic rings. The van der Waals surface area contributed by atoms with Gasteiger partial charge in [-0.15, -0.1) is 0 Å². The fraction of sp³-hybridized carbons (Fsp3) is 0.222. The van der Waals surface area contributed by atoms with Crippen LogP contribution in [0.4, 0.5) is 0 Å². The third kappa shape index (κ3) is 3.03. The first-order valence-corrected chi connectivity index (χ1v) is 4.40. The number of carbonyl (C=O) groups excluding carboxylic acids is 2. The van der Waals surface area contributed by atoms with Crippen LogP contribution in [0, 0.1) is 0 Å². The van der Waals surface area contributed by atoms with Crippen molar-refractivity contribution in [2.75, 3.05) is 13.1 Å². The van der Waals surface area contributed by atoms with Gasteiger partial charge in [-0.3, -0.25) is 9.59 Å². The van der Waals surface area contributed by atoms with Gasteiger partial charge in [0.15, 0.2) is 0 Å². The standard InChI is InChI=1S/C9H12N4O2/c10-4-5-12-9(15)7-3-1-2-6(13-7)8(11)14/h1-3H,4-5,10H2,(H2,11,14)(H,12,15). The topological polar surface area (TPSA) is 111 Å². The minimum Gasteiger partial charge on any atom is -0.364 e. The Bertz CT molecular complexity index is 378. The van der Waals surface area contributed by atoms with Gasteiger partial charge in [0.05, 0.1) is 0 Å². The van der Waals surface area contributed by atoms with Crippen LogP contribution < -0.4 is 16.8 Å². The summed E-state index contributed by atoms with van der Waals surface area (Å²) in [6.45, 7) is 0.711. The Kier molecular flexibility index (Phi) is 3.75. The van der Waals surface area contributed by atoms with E-state index in [1.807, 2.05) is 0 Å². The molecule has 0 saturated heterocycles. The quantitative estimate of drug-likeness (QED) is 0.581. The smallest absolute Gasteiger partial charge is 0.269 e. The molecule has 1 rings (SSSR count). The summed E-state index contributed by atoms with van der Waals surface area (Å²) >= 11 is 0. The molecule has 0 radical (unpaired) electrons. The third-order valence-electron chi connectivity index (χ3n) is 1.66. The highest BCUT2D eigenvalue weighted by Crippen LogP contribution is 1.98. The lowest BCUT2D eigenvalue weighted by Crippen LogP contribution is -2.30. The third-order valence-corrected chi connectivity index (χ3v) is 1.66. The molecule has 6 nitrogen and oxygen atoms in total. The zero-order valence-electron chi connectivity index (χ0n) is 8.06. The Morgan fingerprint density at radius 3 is 2.60 bits per heavy atom. The summed E-state index contributed by atoms with van der Waals surface area (Å²) in [5.74, 6) is -1.04. The van der Waals surface area contributed by atoms with Crippen LogP contribution in [0.3, 0.4) is 0 Å². The van der Waals surface area contributed by atoms with Gasteiger partial charge >= 0.3 is 0 Å². The summed E-state index contributed by atoms with van der Waals surface area (Å²) < 4.78 is 0. The average molecular weight is 208 g/mol. The molecule has 0 saturated carbocycles. The number of nitrogens with two attached hydrogens (primary N) is 2. The molecule has 0 bridgehead atoms. The molecule has 0 aliphatic carbocycles. The number of hydrogen-bond acceptors (Lipinski definition) is 4. The van der Waals surface area contributed by atoms with Gasteiger partial charge in [-0.05, 0) is 12.1 Å². The minimum atomic E-state index is -0.663. The Hall–Kier alpha value is -1.95. The largest absolute Gasteiger partial charge is 0.364 e. The number of nitrogens with zero attached hydrogens (tertiary/aromatic N) is 1. The molecule has 5 N–H and O–H groups in total. The molecule has 6 heteroatoms. The summed E-state index contributed by atoms with van der Waals surface area (Å²) in [7, 11) is 0. The van der Waals surface area contributed by atoms with E-state index in [-0.39, 0.29) is 17.3 Å². The van der Waals surface area contributed by atoms with Crippen LogP contribution in [-0.4, -0.2) is 29.9 Å². The van der Waals surface area contributed by atoms with Crippen molar-refractivity contribution in [3.05, 3.63) is 29.6 Å². The minimum absolute atomic E-state index is 0.0652. The molecule has 0 spiro atoms. The Labute approximate surface area is 86.7 Å². The molecular formula is C9H12N4O2. The van der Waals surface area contributed by atoms with Gasteiger partial charge < -0.3 is 16.8 Å². The van der Waals surface area contributed by atoms with Crippen molar-refractivity contribution < 1.29 is 9.59 Å². The molecule has 0 aromatic carbocycles. The van der Waals surface area contributed by atoms with Crippen molar-refractivity contribution in [3.63, 3.8) is 0 Å². The highest BCUT2D eigenvalue weighted by atomic mass is 16.2.